The summed E-state index contributed by atoms with van der Waals surface area (Å²) >= 11 is 0. The van der Waals surface area contributed by atoms with E-state index in [-0.39, 0.29) is 25.0 Å². The van der Waals surface area contributed by atoms with Crippen LogP contribution in [0.3, 0.4) is 0 Å². The van der Waals surface area contributed by atoms with Gasteiger partial charge >= 0.3 is 0 Å². The van der Waals surface area contributed by atoms with E-state index in [1.165, 1.54) is 64.7 Å². The first-order valence-electron chi connectivity index (χ1n) is 9.00. The van der Waals surface area contributed by atoms with Gasteiger partial charge in [0, 0.05) is 6.42 Å². The highest BCUT2D eigenvalue weighted by Crippen LogP contribution is 2.11. The summed E-state index contributed by atoms with van der Waals surface area (Å²) in [5, 5.41) is 2.66. The van der Waals surface area contributed by atoms with Crippen LogP contribution in [0.2, 0.25) is 0 Å². The number of rotatable bonds is 16. The molecule has 0 radical (unpaired) electrons. The number of ether oxygens (including phenoxy) is 1. The summed E-state index contributed by atoms with van der Waals surface area (Å²) in [5.41, 5.74) is 0. The van der Waals surface area contributed by atoms with E-state index in [9.17, 15) is 9.59 Å². The van der Waals surface area contributed by atoms with Crippen LogP contribution in [0.4, 0.5) is 0 Å². The number of carbonyl (C=O) groups is 2. The van der Waals surface area contributed by atoms with Gasteiger partial charge in [0.1, 0.15) is 13.3 Å². The molecule has 0 unspecified atom stereocenters. The Balaban J connectivity index is 3.15. The maximum atomic E-state index is 11.5. The van der Waals surface area contributed by atoms with Gasteiger partial charge < -0.3 is 10.1 Å². The lowest BCUT2D eigenvalue weighted by atomic mass is 10.1. The molecule has 0 aliphatic carbocycles. The molecule has 1 amide bonds. The van der Waals surface area contributed by atoms with Crippen LogP contribution in [0.15, 0.2) is 0 Å². The van der Waals surface area contributed by atoms with E-state index in [1.54, 1.807) is 0 Å². The SMILES string of the molecule is CCCCCCCCCCCCCC(=O)NCOCC(C)=O. The van der Waals surface area contributed by atoms with Crippen molar-refractivity contribution in [3.63, 3.8) is 0 Å². The maximum Gasteiger partial charge on any atom is 0.221 e. The monoisotopic (exact) mass is 313 g/mol. The van der Waals surface area contributed by atoms with E-state index < -0.39 is 0 Å². The Labute approximate surface area is 136 Å². The summed E-state index contributed by atoms with van der Waals surface area (Å²) in [4.78, 5) is 22.1. The van der Waals surface area contributed by atoms with Crippen molar-refractivity contribution < 1.29 is 14.3 Å². The molecule has 0 spiro atoms. The van der Waals surface area contributed by atoms with Gasteiger partial charge in [-0.25, -0.2) is 0 Å². The van der Waals surface area contributed by atoms with Gasteiger partial charge in [-0.05, 0) is 13.3 Å². The van der Waals surface area contributed by atoms with Crippen LogP contribution in [0.25, 0.3) is 0 Å². The van der Waals surface area contributed by atoms with Gasteiger partial charge in [0.05, 0.1) is 0 Å². The molecule has 22 heavy (non-hydrogen) atoms. The number of Topliss-reactive ketones (excluding diaryl/α,β-unsaturated/α-hetero) is 1. The van der Waals surface area contributed by atoms with Crippen LogP contribution in [0, 0.1) is 0 Å². The molecule has 0 aromatic rings. The maximum absolute atomic E-state index is 11.5. The minimum atomic E-state index is -0.0281. The number of amides is 1. The first kappa shape index (κ1) is 21.1. The van der Waals surface area contributed by atoms with E-state index in [4.69, 9.17) is 4.74 Å². The molecule has 0 aromatic heterocycles. The Bertz CT molecular complexity index is 280. The molecule has 0 fully saturated rings. The second-order valence-electron chi connectivity index (χ2n) is 6.08. The molecule has 0 aliphatic rings. The highest BCUT2D eigenvalue weighted by Gasteiger charge is 2.01. The zero-order valence-electron chi connectivity index (χ0n) is 14.6. The van der Waals surface area contributed by atoms with Crippen LogP contribution in [-0.2, 0) is 14.3 Å². The van der Waals surface area contributed by atoms with Crippen LogP contribution >= 0.6 is 0 Å². The van der Waals surface area contributed by atoms with Crippen molar-refractivity contribution in [1.29, 1.82) is 0 Å². The predicted molar refractivity (Wildman–Crippen MR) is 90.7 cm³/mol. The summed E-state index contributed by atoms with van der Waals surface area (Å²) in [6.45, 7) is 3.92. The normalized spacial score (nSPS) is 10.6. The minimum absolute atomic E-state index is 0.0134. The largest absolute Gasteiger partial charge is 0.354 e. The number of hydrogen-bond donors (Lipinski definition) is 1. The average Bonchev–Trinajstić information content (AvgIpc) is 2.49. The molecule has 0 atom stereocenters. The fourth-order valence-electron chi connectivity index (χ4n) is 2.36. The van der Waals surface area contributed by atoms with Crippen LogP contribution in [0.1, 0.15) is 90.9 Å². The average molecular weight is 313 g/mol. The third-order valence-corrected chi connectivity index (χ3v) is 3.68. The van der Waals surface area contributed by atoms with Crippen molar-refractivity contribution in [2.24, 2.45) is 0 Å². The lowest BCUT2D eigenvalue weighted by Gasteiger charge is -2.05. The standard InChI is InChI=1S/C18H35NO3/c1-3-4-5-6-7-8-9-10-11-12-13-14-18(21)19-16-22-15-17(2)20/h3-16H2,1-2H3,(H,19,21). The zero-order valence-corrected chi connectivity index (χ0v) is 14.6. The van der Waals surface area contributed by atoms with E-state index in [0.29, 0.717) is 6.42 Å². The number of hydrogen-bond acceptors (Lipinski definition) is 3. The van der Waals surface area contributed by atoms with Crippen LogP contribution in [-0.4, -0.2) is 25.0 Å². The molecule has 1 N–H and O–H groups in total. The first-order valence-corrected chi connectivity index (χ1v) is 9.00. The Morgan fingerprint density at radius 2 is 1.32 bits per heavy atom. The topological polar surface area (TPSA) is 55.4 Å². The van der Waals surface area contributed by atoms with Gasteiger partial charge in [0.15, 0.2) is 5.78 Å². The third kappa shape index (κ3) is 17.2. The fraction of sp³-hybridized carbons (Fsp3) is 0.889. The van der Waals surface area contributed by atoms with Gasteiger partial charge in [-0.2, -0.15) is 0 Å². The van der Waals surface area contributed by atoms with Crippen molar-refractivity contribution in [2.45, 2.75) is 90.9 Å². The quantitative estimate of drug-likeness (QED) is 0.340. The molecule has 0 saturated carbocycles. The highest BCUT2D eigenvalue weighted by atomic mass is 16.5. The molecule has 130 valence electrons. The van der Waals surface area contributed by atoms with Gasteiger partial charge in [0.25, 0.3) is 0 Å². The van der Waals surface area contributed by atoms with Gasteiger partial charge in [0.2, 0.25) is 5.91 Å². The molecule has 4 heteroatoms. The van der Waals surface area contributed by atoms with Crippen molar-refractivity contribution in [1.82, 2.24) is 5.32 Å². The second kappa shape index (κ2) is 16.5. The van der Waals surface area contributed by atoms with Gasteiger partial charge in [-0.1, -0.05) is 71.1 Å². The molecule has 0 rings (SSSR count). The minimum Gasteiger partial charge on any atom is -0.354 e. The molecular weight excluding hydrogens is 278 g/mol. The van der Waals surface area contributed by atoms with E-state index >= 15 is 0 Å². The third-order valence-electron chi connectivity index (χ3n) is 3.68. The van der Waals surface area contributed by atoms with Gasteiger partial charge in [-0.15, -0.1) is 0 Å². The Kier molecular flexibility index (Phi) is 15.8. The summed E-state index contributed by atoms with van der Waals surface area (Å²) in [6.07, 6.45) is 14.7. The van der Waals surface area contributed by atoms with Crippen molar-refractivity contribution in [3.05, 3.63) is 0 Å². The summed E-state index contributed by atoms with van der Waals surface area (Å²) < 4.78 is 4.99. The zero-order chi connectivity index (χ0) is 16.5. The molecule has 0 heterocycles. The first-order chi connectivity index (χ1) is 10.7. The van der Waals surface area contributed by atoms with Crippen molar-refractivity contribution >= 4 is 11.7 Å². The Hall–Kier alpha value is -0.900. The lowest BCUT2D eigenvalue weighted by molar-refractivity contribution is -0.126. The van der Waals surface area contributed by atoms with E-state index in [1.807, 2.05) is 0 Å². The number of ketones is 1. The molecule has 0 bridgehead atoms. The van der Waals surface area contributed by atoms with Crippen molar-refractivity contribution in [2.75, 3.05) is 13.3 Å². The van der Waals surface area contributed by atoms with E-state index in [0.717, 1.165) is 12.8 Å². The van der Waals surface area contributed by atoms with Crippen molar-refractivity contribution in [3.8, 4) is 0 Å². The summed E-state index contributed by atoms with van der Waals surface area (Å²) in [5.74, 6) is -0.0147. The second-order valence-corrected chi connectivity index (χ2v) is 6.08. The molecule has 0 aliphatic heterocycles. The molecule has 0 aromatic carbocycles. The summed E-state index contributed by atoms with van der Waals surface area (Å²) in [7, 11) is 0. The summed E-state index contributed by atoms with van der Waals surface area (Å²) in [6, 6.07) is 0. The van der Waals surface area contributed by atoms with Gasteiger partial charge in [-0.3, -0.25) is 9.59 Å². The Morgan fingerprint density at radius 1 is 0.818 bits per heavy atom. The molecule has 0 saturated heterocycles. The lowest BCUT2D eigenvalue weighted by Crippen LogP contribution is -2.26. The van der Waals surface area contributed by atoms with Crippen LogP contribution in [0.5, 0.6) is 0 Å². The Morgan fingerprint density at radius 3 is 1.82 bits per heavy atom. The molecule has 4 nitrogen and oxygen atoms in total. The molecular formula is C18H35NO3. The smallest absolute Gasteiger partial charge is 0.221 e. The van der Waals surface area contributed by atoms with Crippen LogP contribution < -0.4 is 5.32 Å². The number of nitrogens with one attached hydrogen (secondary N) is 1. The van der Waals surface area contributed by atoms with E-state index in [2.05, 4.69) is 12.2 Å². The number of unbranched alkanes of at least 4 members (excludes halogenated alkanes) is 10. The fourth-order valence-corrected chi connectivity index (χ4v) is 2.36. The number of carbonyl (C=O) groups excluding carboxylic acids is 2. The highest BCUT2D eigenvalue weighted by molar-refractivity contribution is 5.77. The predicted octanol–water partition coefficient (Wildman–Crippen LogP) is 4.37.